The summed E-state index contributed by atoms with van der Waals surface area (Å²) in [6.07, 6.45) is 1.30. The first-order chi connectivity index (χ1) is 12.9. The summed E-state index contributed by atoms with van der Waals surface area (Å²) in [6.45, 7) is 0. The monoisotopic (exact) mass is 414 g/mol. The van der Waals surface area contributed by atoms with Crippen LogP contribution in [0.1, 0.15) is 5.56 Å². The van der Waals surface area contributed by atoms with Gasteiger partial charge in [-0.3, -0.25) is 0 Å². The van der Waals surface area contributed by atoms with Gasteiger partial charge in [0.25, 0.3) is 10.0 Å². The second kappa shape index (κ2) is 8.83. The number of halogens is 1. The van der Waals surface area contributed by atoms with Gasteiger partial charge < -0.3 is 18.9 Å². The van der Waals surface area contributed by atoms with E-state index in [1.165, 1.54) is 52.9 Å². The summed E-state index contributed by atoms with van der Waals surface area (Å²) in [6, 6.07) is 7.39. The zero-order valence-electron chi connectivity index (χ0n) is 15.1. The number of nitrogens with zero attached hydrogens (tertiary/aromatic N) is 1. The summed E-state index contributed by atoms with van der Waals surface area (Å²) < 4.78 is 45.3. The van der Waals surface area contributed by atoms with Crippen LogP contribution in [0.4, 0.5) is 0 Å². The standard InChI is InChI=1S/C17H19ClN2O6S/c1-23-14-6-5-12(9-15(14)24-2)27(21,22)20-19-10-11-7-13(18)17(26-4)16(8-11)25-3/h5-10,20H,1-4H3/b19-10+. The van der Waals surface area contributed by atoms with Crippen LogP contribution < -0.4 is 23.8 Å². The zero-order valence-corrected chi connectivity index (χ0v) is 16.7. The first-order valence-corrected chi connectivity index (χ1v) is 9.40. The second-order valence-corrected chi connectivity index (χ2v) is 7.18. The molecular formula is C17H19ClN2O6S. The van der Waals surface area contributed by atoms with E-state index < -0.39 is 10.0 Å². The van der Waals surface area contributed by atoms with Crippen LogP contribution in [0, 0.1) is 0 Å². The Bertz CT molecular complexity index is 947. The van der Waals surface area contributed by atoms with Crippen molar-refractivity contribution in [1.29, 1.82) is 0 Å². The van der Waals surface area contributed by atoms with Crippen molar-refractivity contribution >= 4 is 27.8 Å². The molecule has 0 aliphatic heterocycles. The summed E-state index contributed by atoms with van der Waals surface area (Å²) in [5.74, 6) is 1.48. The summed E-state index contributed by atoms with van der Waals surface area (Å²) >= 11 is 6.11. The molecule has 146 valence electrons. The molecular weight excluding hydrogens is 396 g/mol. The predicted octanol–water partition coefficient (Wildman–Crippen LogP) is 2.69. The van der Waals surface area contributed by atoms with Crippen molar-refractivity contribution in [3.05, 3.63) is 40.9 Å². The molecule has 2 aromatic carbocycles. The first-order valence-electron chi connectivity index (χ1n) is 7.54. The van der Waals surface area contributed by atoms with Crippen molar-refractivity contribution in [2.75, 3.05) is 28.4 Å². The van der Waals surface area contributed by atoms with Crippen molar-refractivity contribution in [2.45, 2.75) is 4.90 Å². The fourth-order valence-corrected chi connectivity index (χ4v) is 3.32. The van der Waals surface area contributed by atoms with Crippen LogP contribution in [0.15, 0.2) is 40.3 Å². The van der Waals surface area contributed by atoms with E-state index in [2.05, 4.69) is 9.93 Å². The van der Waals surface area contributed by atoms with Gasteiger partial charge in [-0.1, -0.05) is 11.6 Å². The molecule has 0 amide bonds. The fraction of sp³-hybridized carbons (Fsp3) is 0.235. The lowest BCUT2D eigenvalue weighted by molar-refractivity contribution is 0.354. The molecule has 0 aromatic heterocycles. The molecule has 10 heteroatoms. The molecule has 2 aromatic rings. The lowest BCUT2D eigenvalue weighted by Crippen LogP contribution is -2.18. The number of ether oxygens (including phenoxy) is 4. The molecule has 0 bridgehead atoms. The molecule has 0 atom stereocenters. The number of benzene rings is 2. The van der Waals surface area contributed by atoms with Crippen molar-refractivity contribution in [1.82, 2.24) is 4.83 Å². The number of hydrogen-bond acceptors (Lipinski definition) is 7. The normalized spacial score (nSPS) is 11.3. The number of hydrogen-bond donors (Lipinski definition) is 1. The van der Waals surface area contributed by atoms with Gasteiger partial charge in [0.15, 0.2) is 23.0 Å². The minimum absolute atomic E-state index is 0.0253. The van der Waals surface area contributed by atoms with Crippen molar-refractivity contribution in [3.63, 3.8) is 0 Å². The van der Waals surface area contributed by atoms with Crippen LogP contribution >= 0.6 is 11.6 Å². The molecule has 0 aliphatic rings. The van der Waals surface area contributed by atoms with E-state index in [0.717, 1.165) is 0 Å². The van der Waals surface area contributed by atoms with Crippen LogP contribution in [0.5, 0.6) is 23.0 Å². The van der Waals surface area contributed by atoms with E-state index in [1.54, 1.807) is 12.1 Å². The van der Waals surface area contributed by atoms with E-state index in [9.17, 15) is 8.42 Å². The van der Waals surface area contributed by atoms with Gasteiger partial charge in [0.05, 0.1) is 44.6 Å². The van der Waals surface area contributed by atoms with Crippen LogP contribution in [0.2, 0.25) is 5.02 Å². The maximum atomic E-state index is 12.4. The molecule has 0 radical (unpaired) electrons. The van der Waals surface area contributed by atoms with Gasteiger partial charge in [0, 0.05) is 6.07 Å². The topological polar surface area (TPSA) is 95.5 Å². The molecule has 0 aliphatic carbocycles. The Hall–Kier alpha value is -2.65. The third-order valence-corrected chi connectivity index (χ3v) is 5.01. The van der Waals surface area contributed by atoms with Gasteiger partial charge in [-0.15, -0.1) is 0 Å². The SMILES string of the molecule is COc1ccc(S(=O)(=O)N/N=C/c2cc(Cl)c(OC)c(OC)c2)cc1OC. The van der Waals surface area contributed by atoms with Crippen LogP contribution in [-0.2, 0) is 10.0 Å². The molecule has 1 N–H and O–H groups in total. The molecule has 2 rings (SSSR count). The molecule has 0 fully saturated rings. The van der Waals surface area contributed by atoms with Gasteiger partial charge >= 0.3 is 0 Å². The molecule has 27 heavy (non-hydrogen) atoms. The van der Waals surface area contributed by atoms with Gasteiger partial charge in [0.2, 0.25) is 0 Å². The molecule has 8 nitrogen and oxygen atoms in total. The van der Waals surface area contributed by atoms with Crippen molar-refractivity contribution < 1.29 is 27.4 Å². The zero-order chi connectivity index (χ0) is 20.0. The van der Waals surface area contributed by atoms with Gasteiger partial charge in [-0.05, 0) is 29.8 Å². The Morgan fingerprint density at radius 1 is 0.926 bits per heavy atom. The highest BCUT2D eigenvalue weighted by Crippen LogP contribution is 2.35. The van der Waals surface area contributed by atoms with Crippen molar-refractivity contribution in [2.24, 2.45) is 5.10 Å². The number of rotatable bonds is 8. The summed E-state index contributed by atoms with van der Waals surface area (Å²) in [5.41, 5.74) is 0.521. The largest absolute Gasteiger partial charge is 0.493 e. The Balaban J connectivity index is 2.23. The molecule has 0 unspecified atom stereocenters. The van der Waals surface area contributed by atoms with E-state index in [4.69, 9.17) is 30.5 Å². The highest BCUT2D eigenvalue weighted by atomic mass is 35.5. The summed E-state index contributed by atoms with van der Waals surface area (Å²) in [5, 5.41) is 4.08. The smallest absolute Gasteiger partial charge is 0.276 e. The number of hydrazone groups is 1. The second-order valence-electron chi connectivity index (χ2n) is 5.11. The highest BCUT2D eigenvalue weighted by molar-refractivity contribution is 7.89. The number of sulfonamides is 1. The summed E-state index contributed by atoms with van der Waals surface area (Å²) in [4.78, 5) is 2.10. The maximum Gasteiger partial charge on any atom is 0.276 e. The molecule has 0 saturated carbocycles. The Kier molecular flexibility index (Phi) is 6.75. The van der Waals surface area contributed by atoms with Gasteiger partial charge in [-0.25, -0.2) is 4.83 Å². The van der Waals surface area contributed by atoms with E-state index >= 15 is 0 Å². The first kappa shape index (κ1) is 20.7. The van der Waals surface area contributed by atoms with Crippen LogP contribution in [-0.4, -0.2) is 43.1 Å². The Labute approximate surface area is 162 Å². The number of nitrogens with one attached hydrogen (secondary N) is 1. The lowest BCUT2D eigenvalue weighted by atomic mass is 10.2. The minimum atomic E-state index is -3.90. The average Bonchev–Trinajstić information content (AvgIpc) is 2.66. The van der Waals surface area contributed by atoms with E-state index in [1.807, 2.05) is 0 Å². The van der Waals surface area contributed by atoms with Crippen LogP contribution in [0.3, 0.4) is 0 Å². The minimum Gasteiger partial charge on any atom is -0.493 e. The van der Waals surface area contributed by atoms with E-state index in [0.29, 0.717) is 27.8 Å². The third-order valence-electron chi connectivity index (χ3n) is 3.51. The average molecular weight is 415 g/mol. The van der Waals surface area contributed by atoms with Crippen molar-refractivity contribution in [3.8, 4) is 23.0 Å². The molecule has 0 heterocycles. The summed E-state index contributed by atoms with van der Waals surface area (Å²) in [7, 11) is 1.91. The molecule has 0 saturated heterocycles. The van der Waals surface area contributed by atoms with E-state index in [-0.39, 0.29) is 10.6 Å². The highest BCUT2D eigenvalue weighted by Gasteiger charge is 2.16. The maximum absolute atomic E-state index is 12.4. The fourth-order valence-electron chi connectivity index (χ4n) is 2.22. The Morgan fingerprint density at radius 3 is 2.19 bits per heavy atom. The van der Waals surface area contributed by atoms with Gasteiger partial charge in [0.1, 0.15) is 0 Å². The predicted molar refractivity (Wildman–Crippen MR) is 102 cm³/mol. The third kappa shape index (κ3) is 4.75. The Morgan fingerprint density at radius 2 is 1.59 bits per heavy atom. The quantitative estimate of drug-likeness (QED) is 0.527. The van der Waals surface area contributed by atoms with Gasteiger partial charge in [-0.2, -0.15) is 13.5 Å². The molecule has 0 spiro atoms. The van der Waals surface area contributed by atoms with Crippen LogP contribution in [0.25, 0.3) is 0 Å². The lowest BCUT2D eigenvalue weighted by Gasteiger charge is -2.10. The number of methoxy groups -OCH3 is 4.